The standard InChI is InChI=1S/C14H18N2/c1-2-15-9-12-10-16-8-4-6-11-5-3-7-13(12)14(11)16/h3,5,7,10,15H,2,4,6,8-9H2,1H3. The van der Waals surface area contributed by atoms with Crippen molar-refractivity contribution in [2.75, 3.05) is 6.54 Å². The molecule has 2 nitrogen and oxygen atoms in total. The number of hydrogen-bond acceptors (Lipinski definition) is 1. The third kappa shape index (κ3) is 1.45. The minimum absolute atomic E-state index is 0.990. The van der Waals surface area contributed by atoms with Crippen molar-refractivity contribution in [3.63, 3.8) is 0 Å². The van der Waals surface area contributed by atoms with Gasteiger partial charge in [0.05, 0.1) is 5.52 Å². The van der Waals surface area contributed by atoms with Gasteiger partial charge >= 0.3 is 0 Å². The largest absolute Gasteiger partial charge is 0.347 e. The molecule has 16 heavy (non-hydrogen) atoms. The van der Waals surface area contributed by atoms with Crippen LogP contribution in [-0.4, -0.2) is 11.1 Å². The Kier molecular flexibility index (Phi) is 2.44. The SMILES string of the molecule is CCNCc1cn2c3c(cccc13)CCC2. The molecule has 3 rings (SSSR count). The van der Waals surface area contributed by atoms with E-state index in [1.807, 2.05) is 0 Å². The van der Waals surface area contributed by atoms with Crippen LogP contribution in [0, 0.1) is 0 Å². The zero-order valence-electron chi connectivity index (χ0n) is 9.79. The van der Waals surface area contributed by atoms with Crippen LogP contribution in [0.1, 0.15) is 24.5 Å². The topological polar surface area (TPSA) is 17.0 Å². The smallest absolute Gasteiger partial charge is 0.0516 e. The van der Waals surface area contributed by atoms with Crippen molar-refractivity contribution < 1.29 is 0 Å². The Bertz CT molecular complexity index is 511. The summed E-state index contributed by atoms with van der Waals surface area (Å²) in [4.78, 5) is 0. The maximum absolute atomic E-state index is 3.42. The predicted octanol–water partition coefficient (Wildman–Crippen LogP) is 2.70. The molecule has 0 atom stereocenters. The van der Waals surface area contributed by atoms with Crippen LogP contribution in [0.5, 0.6) is 0 Å². The fraction of sp³-hybridized carbons (Fsp3) is 0.429. The third-order valence-electron chi connectivity index (χ3n) is 3.48. The number of hydrogen-bond donors (Lipinski definition) is 1. The number of nitrogens with one attached hydrogen (secondary N) is 1. The van der Waals surface area contributed by atoms with Gasteiger partial charge in [0.1, 0.15) is 0 Å². The number of benzene rings is 1. The van der Waals surface area contributed by atoms with Crippen LogP contribution < -0.4 is 5.32 Å². The van der Waals surface area contributed by atoms with Crippen LogP contribution >= 0.6 is 0 Å². The van der Waals surface area contributed by atoms with E-state index < -0.39 is 0 Å². The van der Waals surface area contributed by atoms with Crippen molar-refractivity contribution in [2.45, 2.75) is 32.9 Å². The van der Waals surface area contributed by atoms with Gasteiger partial charge in [0.15, 0.2) is 0 Å². The first kappa shape index (κ1) is 9.91. The summed E-state index contributed by atoms with van der Waals surface area (Å²) in [5.74, 6) is 0. The lowest BCUT2D eigenvalue weighted by Crippen LogP contribution is -2.11. The van der Waals surface area contributed by atoms with E-state index in [-0.39, 0.29) is 0 Å². The van der Waals surface area contributed by atoms with E-state index in [9.17, 15) is 0 Å². The van der Waals surface area contributed by atoms with E-state index in [1.54, 1.807) is 0 Å². The fourth-order valence-corrected chi connectivity index (χ4v) is 2.73. The van der Waals surface area contributed by atoms with Gasteiger partial charge in [0.2, 0.25) is 0 Å². The summed E-state index contributed by atoms with van der Waals surface area (Å²) in [5.41, 5.74) is 4.44. The van der Waals surface area contributed by atoms with E-state index in [2.05, 4.69) is 41.2 Å². The Balaban J connectivity index is 2.14. The molecule has 0 unspecified atom stereocenters. The minimum atomic E-state index is 0.990. The zero-order valence-corrected chi connectivity index (χ0v) is 9.79. The van der Waals surface area contributed by atoms with Crippen LogP contribution in [0.15, 0.2) is 24.4 Å². The normalized spacial score (nSPS) is 14.6. The summed E-state index contributed by atoms with van der Waals surface area (Å²) in [7, 11) is 0. The van der Waals surface area contributed by atoms with Gasteiger partial charge in [0, 0.05) is 24.7 Å². The minimum Gasteiger partial charge on any atom is -0.347 e. The van der Waals surface area contributed by atoms with Crippen molar-refractivity contribution in [2.24, 2.45) is 0 Å². The van der Waals surface area contributed by atoms with Gasteiger partial charge in [-0.3, -0.25) is 0 Å². The molecule has 0 aliphatic carbocycles. The van der Waals surface area contributed by atoms with Crippen LogP contribution in [0.3, 0.4) is 0 Å². The van der Waals surface area contributed by atoms with Gasteiger partial charge in [0.25, 0.3) is 0 Å². The van der Waals surface area contributed by atoms with Crippen LogP contribution in [0.2, 0.25) is 0 Å². The molecule has 1 N–H and O–H groups in total. The lowest BCUT2D eigenvalue weighted by Gasteiger charge is -2.14. The summed E-state index contributed by atoms with van der Waals surface area (Å²) in [6, 6.07) is 6.73. The highest BCUT2D eigenvalue weighted by atomic mass is 15.0. The maximum atomic E-state index is 3.42. The molecule has 0 fully saturated rings. The first-order chi connectivity index (χ1) is 7.90. The van der Waals surface area contributed by atoms with Gasteiger partial charge in [-0.05, 0) is 30.5 Å². The number of aromatic nitrogens is 1. The van der Waals surface area contributed by atoms with Gasteiger partial charge < -0.3 is 9.88 Å². The molecule has 1 aromatic carbocycles. The van der Waals surface area contributed by atoms with Gasteiger partial charge in [-0.25, -0.2) is 0 Å². The summed E-state index contributed by atoms with van der Waals surface area (Å²) in [6.07, 6.45) is 4.85. The highest BCUT2D eigenvalue weighted by Crippen LogP contribution is 2.29. The molecule has 1 aliphatic heterocycles. The van der Waals surface area contributed by atoms with Crippen molar-refractivity contribution in [3.05, 3.63) is 35.5 Å². The molecule has 0 bridgehead atoms. The van der Waals surface area contributed by atoms with Crippen LogP contribution in [0.4, 0.5) is 0 Å². The molecule has 1 aliphatic rings. The highest BCUT2D eigenvalue weighted by molar-refractivity contribution is 5.87. The van der Waals surface area contributed by atoms with E-state index >= 15 is 0 Å². The monoisotopic (exact) mass is 214 g/mol. The quantitative estimate of drug-likeness (QED) is 0.831. The van der Waals surface area contributed by atoms with E-state index in [0.717, 1.165) is 13.1 Å². The second-order valence-electron chi connectivity index (χ2n) is 4.54. The Morgan fingerprint density at radius 1 is 1.38 bits per heavy atom. The molecule has 2 heterocycles. The molecular weight excluding hydrogens is 196 g/mol. The van der Waals surface area contributed by atoms with Crippen molar-refractivity contribution in [3.8, 4) is 0 Å². The summed E-state index contributed by atoms with van der Waals surface area (Å²) >= 11 is 0. The Labute approximate surface area is 96.3 Å². The number of aryl methyl sites for hydroxylation is 2. The summed E-state index contributed by atoms with van der Waals surface area (Å²) in [5, 5.41) is 4.86. The molecule has 0 radical (unpaired) electrons. The second-order valence-corrected chi connectivity index (χ2v) is 4.54. The molecule has 84 valence electrons. The van der Waals surface area contributed by atoms with Crippen molar-refractivity contribution in [1.29, 1.82) is 0 Å². The Morgan fingerprint density at radius 3 is 3.19 bits per heavy atom. The molecule has 0 saturated heterocycles. The molecule has 0 saturated carbocycles. The van der Waals surface area contributed by atoms with Gasteiger partial charge in [-0.1, -0.05) is 25.1 Å². The lowest BCUT2D eigenvalue weighted by molar-refractivity contribution is 0.632. The first-order valence-electron chi connectivity index (χ1n) is 6.20. The average Bonchev–Trinajstić information content (AvgIpc) is 2.68. The molecular formula is C14H18N2. The summed E-state index contributed by atoms with van der Waals surface area (Å²) in [6.45, 7) is 5.36. The van der Waals surface area contributed by atoms with E-state index in [0.29, 0.717) is 0 Å². The molecule has 0 amide bonds. The number of nitrogens with zero attached hydrogens (tertiary/aromatic N) is 1. The number of rotatable bonds is 3. The predicted molar refractivity (Wildman–Crippen MR) is 67.6 cm³/mol. The molecule has 2 aromatic rings. The van der Waals surface area contributed by atoms with Gasteiger partial charge in [-0.15, -0.1) is 0 Å². The highest BCUT2D eigenvalue weighted by Gasteiger charge is 2.14. The lowest BCUT2D eigenvalue weighted by atomic mass is 10.0. The Morgan fingerprint density at radius 2 is 2.31 bits per heavy atom. The first-order valence-corrected chi connectivity index (χ1v) is 6.20. The second kappa shape index (κ2) is 3.95. The van der Waals surface area contributed by atoms with Crippen LogP contribution in [0.25, 0.3) is 10.9 Å². The van der Waals surface area contributed by atoms with Gasteiger partial charge in [-0.2, -0.15) is 0 Å². The van der Waals surface area contributed by atoms with Crippen molar-refractivity contribution in [1.82, 2.24) is 9.88 Å². The van der Waals surface area contributed by atoms with E-state index in [4.69, 9.17) is 0 Å². The molecule has 2 heteroatoms. The maximum Gasteiger partial charge on any atom is 0.0516 e. The molecule has 1 aromatic heterocycles. The zero-order chi connectivity index (χ0) is 11.0. The van der Waals surface area contributed by atoms with Crippen LogP contribution in [-0.2, 0) is 19.5 Å². The van der Waals surface area contributed by atoms with E-state index in [1.165, 1.54) is 41.4 Å². The summed E-state index contributed by atoms with van der Waals surface area (Å²) < 4.78 is 2.43. The average molecular weight is 214 g/mol. The third-order valence-corrected chi connectivity index (χ3v) is 3.48. The Hall–Kier alpha value is -1.28. The number of para-hydroxylation sites is 1. The van der Waals surface area contributed by atoms with Crippen molar-refractivity contribution >= 4 is 10.9 Å². The molecule has 0 spiro atoms. The fourth-order valence-electron chi connectivity index (χ4n) is 2.73.